The molecule has 0 unspecified atom stereocenters. The summed E-state index contributed by atoms with van der Waals surface area (Å²) in [6.07, 6.45) is 5.34. The van der Waals surface area contributed by atoms with Crippen LogP contribution in [0.15, 0.2) is 23.4 Å². The molecule has 2 rings (SSSR count). The maximum absolute atomic E-state index is 12.2. The Bertz CT molecular complexity index is 512. The van der Waals surface area contributed by atoms with E-state index in [0.717, 1.165) is 19.6 Å². The molecule has 0 amide bonds. The van der Waals surface area contributed by atoms with Crippen LogP contribution in [0.25, 0.3) is 0 Å². The molecule has 1 aromatic heterocycles. The normalized spacial score (nSPS) is 16.7. The SMILES string of the molecule is CNc1ccncc1S(=O)(=O)NCCN1CCCC1. The van der Waals surface area contributed by atoms with E-state index >= 15 is 0 Å². The molecule has 1 aromatic rings. The highest BCUT2D eigenvalue weighted by molar-refractivity contribution is 7.89. The van der Waals surface area contributed by atoms with Crippen LogP contribution in [0.3, 0.4) is 0 Å². The van der Waals surface area contributed by atoms with Crippen molar-refractivity contribution in [1.29, 1.82) is 0 Å². The van der Waals surface area contributed by atoms with Gasteiger partial charge in [-0.05, 0) is 32.0 Å². The Morgan fingerprint density at radius 1 is 1.37 bits per heavy atom. The second-order valence-corrected chi connectivity index (χ2v) is 6.30. The van der Waals surface area contributed by atoms with Crippen LogP contribution in [0, 0.1) is 0 Å². The summed E-state index contributed by atoms with van der Waals surface area (Å²) < 4.78 is 27.0. The summed E-state index contributed by atoms with van der Waals surface area (Å²) >= 11 is 0. The summed E-state index contributed by atoms with van der Waals surface area (Å²) in [5, 5.41) is 2.86. The zero-order valence-corrected chi connectivity index (χ0v) is 11.9. The third kappa shape index (κ3) is 3.65. The fraction of sp³-hybridized carbons (Fsp3) is 0.583. The highest BCUT2D eigenvalue weighted by atomic mass is 32.2. The lowest BCUT2D eigenvalue weighted by molar-refractivity contribution is 0.344. The van der Waals surface area contributed by atoms with Gasteiger partial charge in [-0.2, -0.15) is 0 Å². The number of hydrogen-bond acceptors (Lipinski definition) is 5. The summed E-state index contributed by atoms with van der Waals surface area (Å²) in [5.74, 6) is 0. The van der Waals surface area contributed by atoms with Crippen LogP contribution in [-0.2, 0) is 10.0 Å². The minimum Gasteiger partial charge on any atom is -0.387 e. The average molecular weight is 284 g/mol. The Morgan fingerprint density at radius 2 is 2.11 bits per heavy atom. The van der Waals surface area contributed by atoms with Gasteiger partial charge in [-0.3, -0.25) is 4.98 Å². The lowest BCUT2D eigenvalue weighted by Crippen LogP contribution is -2.33. The number of rotatable bonds is 6. The number of sulfonamides is 1. The quantitative estimate of drug-likeness (QED) is 0.795. The van der Waals surface area contributed by atoms with Crippen molar-refractivity contribution in [2.75, 3.05) is 38.5 Å². The molecule has 0 atom stereocenters. The van der Waals surface area contributed by atoms with Gasteiger partial charge in [0.25, 0.3) is 0 Å². The Kier molecular flexibility index (Phi) is 4.73. The highest BCUT2D eigenvalue weighted by Crippen LogP contribution is 2.18. The molecule has 0 aliphatic carbocycles. The van der Waals surface area contributed by atoms with E-state index in [-0.39, 0.29) is 4.90 Å². The lowest BCUT2D eigenvalue weighted by atomic mass is 10.4. The molecule has 0 spiro atoms. The summed E-state index contributed by atoms with van der Waals surface area (Å²) in [5.41, 5.74) is 0.559. The molecule has 0 saturated carbocycles. The van der Waals surface area contributed by atoms with E-state index in [0.29, 0.717) is 12.2 Å². The Hall–Kier alpha value is -1.18. The summed E-state index contributed by atoms with van der Waals surface area (Å²) in [6.45, 7) is 3.32. The van der Waals surface area contributed by atoms with E-state index in [1.54, 1.807) is 19.3 Å². The number of aromatic nitrogens is 1. The van der Waals surface area contributed by atoms with Crippen LogP contribution < -0.4 is 10.0 Å². The summed E-state index contributed by atoms with van der Waals surface area (Å²) in [4.78, 5) is 6.34. The molecule has 1 saturated heterocycles. The molecular formula is C12H20N4O2S. The van der Waals surface area contributed by atoms with Gasteiger partial charge in [0, 0.05) is 32.5 Å². The molecule has 1 aliphatic heterocycles. The zero-order valence-electron chi connectivity index (χ0n) is 11.1. The van der Waals surface area contributed by atoms with Crippen LogP contribution in [0.5, 0.6) is 0 Å². The van der Waals surface area contributed by atoms with E-state index in [4.69, 9.17) is 0 Å². The van der Waals surface area contributed by atoms with Gasteiger partial charge >= 0.3 is 0 Å². The molecule has 0 radical (unpaired) electrons. The number of hydrogen-bond donors (Lipinski definition) is 2. The zero-order chi connectivity index (χ0) is 13.7. The van der Waals surface area contributed by atoms with Gasteiger partial charge in [-0.1, -0.05) is 0 Å². The molecule has 1 fully saturated rings. The topological polar surface area (TPSA) is 74.3 Å². The largest absolute Gasteiger partial charge is 0.387 e. The molecule has 0 bridgehead atoms. The number of pyridine rings is 1. The average Bonchev–Trinajstić information content (AvgIpc) is 2.91. The van der Waals surface area contributed by atoms with Gasteiger partial charge in [0.15, 0.2) is 0 Å². The van der Waals surface area contributed by atoms with E-state index in [2.05, 4.69) is 19.9 Å². The molecule has 7 heteroatoms. The Morgan fingerprint density at radius 3 is 2.79 bits per heavy atom. The first kappa shape index (κ1) is 14.2. The van der Waals surface area contributed by atoms with E-state index < -0.39 is 10.0 Å². The van der Waals surface area contributed by atoms with Gasteiger partial charge in [-0.15, -0.1) is 0 Å². The maximum Gasteiger partial charge on any atom is 0.244 e. The van der Waals surface area contributed by atoms with Crippen LogP contribution in [0.1, 0.15) is 12.8 Å². The van der Waals surface area contributed by atoms with Crippen LogP contribution in [0.4, 0.5) is 5.69 Å². The van der Waals surface area contributed by atoms with Crippen LogP contribution >= 0.6 is 0 Å². The third-order valence-corrected chi connectivity index (χ3v) is 4.75. The molecule has 2 heterocycles. The predicted octanol–water partition coefficient (Wildman–Crippen LogP) is 0.497. The smallest absolute Gasteiger partial charge is 0.244 e. The van der Waals surface area contributed by atoms with Crippen molar-refractivity contribution in [3.8, 4) is 0 Å². The lowest BCUT2D eigenvalue weighted by Gasteiger charge is -2.15. The highest BCUT2D eigenvalue weighted by Gasteiger charge is 2.19. The first-order valence-corrected chi connectivity index (χ1v) is 7.95. The van der Waals surface area contributed by atoms with Gasteiger partial charge < -0.3 is 10.2 Å². The molecule has 1 aliphatic rings. The number of anilines is 1. The van der Waals surface area contributed by atoms with Crippen LogP contribution in [0.2, 0.25) is 0 Å². The minimum absolute atomic E-state index is 0.193. The van der Waals surface area contributed by atoms with Gasteiger partial charge in [0.2, 0.25) is 10.0 Å². The van der Waals surface area contributed by atoms with E-state index in [1.807, 2.05) is 0 Å². The first-order valence-electron chi connectivity index (χ1n) is 6.47. The van der Waals surface area contributed by atoms with E-state index in [1.165, 1.54) is 19.0 Å². The molecule has 6 nitrogen and oxygen atoms in total. The van der Waals surface area contributed by atoms with Crippen molar-refractivity contribution in [3.63, 3.8) is 0 Å². The standard InChI is InChI=1S/C12H20N4O2S/c1-13-11-4-5-14-10-12(11)19(17,18)15-6-9-16-7-2-3-8-16/h4-5,10,15H,2-3,6-9H2,1H3,(H,13,14). The van der Waals surface area contributed by atoms with Crippen molar-refractivity contribution in [1.82, 2.24) is 14.6 Å². The monoisotopic (exact) mass is 284 g/mol. The summed E-state index contributed by atoms with van der Waals surface area (Å²) in [6, 6.07) is 1.65. The molecular weight excluding hydrogens is 264 g/mol. The molecule has 0 aromatic carbocycles. The van der Waals surface area contributed by atoms with E-state index in [9.17, 15) is 8.42 Å². The minimum atomic E-state index is -3.50. The Balaban J connectivity index is 1.97. The van der Waals surface area contributed by atoms with Crippen molar-refractivity contribution in [2.24, 2.45) is 0 Å². The maximum atomic E-state index is 12.2. The molecule has 106 valence electrons. The van der Waals surface area contributed by atoms with Crippen molar-refractivity contribution >= 4 is 15.7 Å². The number of nitrogens with one attached hydrogen (secondary N) is 2. The fourth-order valence-electron chi connectivity index (χ4n) is 2.22. The Labute approximate surface area is 114 Å². The summed E-state index contributed by atoms with van der Waals surface area (Å²) in [7, 11) is -1.80. The number of nitrogens with zero attached hydrogens (tertiary/aromatic N) is 2. The number of likely N-dealkylation sites (tertiary alicyclic amines) is 1. The van der Waals surface area contributed by atoms with Crippen LogP contribution in [-0.4, -0.2) is 51.5 Å². The molecule has 2 N–H and O–H groups in total. The third-order valence-electron chi connectivity index (χ3n) is 3.26. The first-order chi connectivity index (χ1) is 9.13. The fourth-order valence-corrected chi connectivity index (χ4v) is 3.40. The second kappa shape index (κ2) is 6.31. The van der Waals surface area contributed by atoms with Crippen molar-refractivity contribution in [2.45, 2.75) is 17.7 Å². The second-order valence-electron chi connectivity index (χ2n) is 4.57. The molecule has 19 heavy (non-hydrogen) atoms. The van der Waals surface area contributed by atoms with Gasteiger partial charge in [0.1, 0.15) is 4.90 Å². The van der Waals surface area contributed by atoms with Gasteiger partial charge in [-0.25, -0.2) is 13.1 Å². The van der Waals surface area contributed by atoms with Crippen molar-refractivity contribution in [3.05, 3.63) is 18.5 Å². The van der Waals surface area contributed by atoms with Gasteiger partial charge in [0.05, 0.1) is 5.69 Å². The predicted molar refractivity (Wildman–Crippen MR) is 74.6 cm³/mol. The van der Waals surface area contributed by atoms with Crippen molar-refractivity contribution < 1.29 is 8.42 Å².